The summed E-state index contributed by atoms with van der Waals surface area (Å²) in [7, 11) is 0. The Labute approximate surface area is 268 Å². The molecule has 1 aromatic carbocycles. The summed E-state index contributed by atoms with van der Waals surface area (Å²) in [5.41, 5.74) is 0. The van der Waals surface area contributed by atoms with Crippen LogP contribution in [-0.2, 0) is 57.2 Å². The van der Waals surface area contributed by atoms with E-state index in [-0.39, 0.29) is 11.9 Å². The largest absolute Gasteiger partial charge is 0.471 e. The number of alkyl halides is 4. The van der Waals surface area contributed by atoms with E-state index in [0.717, 1.165) is 39.5 Å². The lowest BCUT2D eigenvalue weighted by atomic mass is 9.89. The number of amides is 1. The molecule has 1 aliphatic rings. The van der Waals surface area contributed by atoms with Gasteiger partial charge in [-0.05, 0) is 12.1 Å². The first kappa shape index (κ1) is 37.8. The summed E-state index contributed by atoms with van der Waals surface area (Å²) in [5, 5.41) is 1.88. The number of thioether (sulfide) groups is 1. The van der Waals surface area contributed by atoms with E-state index >= 15 is 0 Å². The molecule has 0 radical (unpaired) electrons. The van der Waals surface area contributed by atoms with Gasteiger partial charge in [0.1, 0.15) is 25.4 Å². The van der Waals surface area contributed by atoms with Gasteiger partial charge in [0.25, 0.3) is 0 Å². The maximum Gasteiger partial charge on any atom is 0.471 e. The average molecular weight is 731 g/mol. The molecule has 0 aromatic heterocycles. The average Bonchev–Trinajstić information content (AvgIpc) is 2.93. The molecule has 250 valence electrons. The third-order valence-corrected chi connectivity index (χ3v) is 7.42. The van der Waals surface area contributed by atoms with Crippen molar-refractivity contribution in [2.75, 3.05) is 18.5 Å². The second-order valence-electron chi connectivity index (χ2n) is 9.45. The highest BCUT2D eigenvalue weighted by Crippen LogP contribution is 2.46. The van der Waals surface area contributed by atoms with Crippen LogP contribution in [0.25, 0.3) is 0 Å². The Kier molecular flexibility index (Phi) is 14.1. The number of nitrogens with one attached hydrogen (secondary N) is 1. The van der Waals surface area contributed by atoms with E-state index in [1.165, 1.54) is 0 Å². The fourth-order valence-electron chi connectivity index (χ4n) is 4.27. The van der Waals surface area contributed by atoms with Gasteiger partial charge >= 0.3 is 41.9 Å². The van der Waals surface area contributed by atoms with E-state index in [4.69, 9.17) is 28.4 Å². The molecule has 1 saturated heterocycles. The number of rotatable bonds is 13. The second kappa shape index (κ2) is 16.8. The SMILES string of the molecule is CC(=O)OC[C@@H](OC(C)=O)[C@@H](OC(C)=O)[C@@H]1O[C@](Sc2ccccc2)(C(=O)OCCBr)C[C@H](OC(C)=O)[C@H]1NC(=O)C(F)(F)F. The van der Waals surface area contributed by atoms with E-state index < -0.39 is 90.3 Å². The number of halogens is 4. The highest BCUT2D eigenvalue weighted by molar-refractivity contribution is 9.09. The van der Waals surface area contributed by atoms with Crippen LogP contribution in [0.2, 0.25) is 0 Å². The molecule has 0 aliphatic carbocycles. The fraction of sp³-hybridized carbons (Fsp3) is 0.556. The van der Waals surface area contributed by atoms with Crippen molar-refractivity contribution in [2.45, 2.75) is 80.6 Å². The monoisotopic (exact) mass is 729 g/mol. The van der Waals surface area contributed by atoms with Gasteiger partial charge in [0.05, 0.1) is 6.04 Å². The summed E-state index contributed by atoms with van der Waals surface area (Å²) in [6.45, 7) is 2.83. The van der Waals surface area contributed by atoms with Gasteiger partial charge in [0.2, 0.25) is 4.93 Å². The molecule has 45 heavy (non-hydrogen) atoms. The number of esters is 5. The quantitative estimate of drug-likeness (QED) is 0.179. The summed E-state index contributed by atoms with van der Waals surface area (Å²) >= 11 is 3.86. The molecule has 1 amide bonds. The molecule has 1 N–H and O–H groups in total. The molecule has 1 aliphatic heterocycles. The van der Waals surface area contributed by atoms with Crippen molar-refractivity contribution in [1.82, 2.24) is 5.32 Å². The molecule has 1 aromatic rings. The number of ether oxygens (including phenoxy) is 6. The number of hydrogen-bond donors (Lipinski definition) is 1. The number of hydrogen-bond acceptors (Lipinski definition) is 13. The van der Waals surface area contributed by atoms with Crippen LogP contribution in [0.15, 0.2) is 35.2 Å². The molecule has 1 heterocycles. The first-order valence-corrected chi connectivity index (χ1v) is 15.1. The van der Waals surface area contributed by atoms with Crippen LogP contribution in [0.1, 0.15) is 34.1 Å². The molecule has 0 saturated carbocycles. The van der Waals surface area contributed by atoms with Crippen molar-refractivity contribution >= 4 is 63.4 Å². The fourth-order valence-corrected chi connectivity index (χ4v) is 5.65. The third kappa shape index (κ3) is 11.5. The molecule has 0 unspecified atom stereocenters. The van der Waals surface area contributed by atoms with Crippen LogP contribution in [-0.4, -0.2) is 95.9 Å². The normalized spacial score (nSPS) is 22.6. The van der Waals surface area contributed by atoms with Crippen molar-refractivity contribution in [3.8, 4) is 0 Å². The summed E-state index contributed by atoms with van der Waals surface area (Å²) in [6, 6.07) is 6.08. The highest BCUT2D eigenvalue weighted by Gasteiger charge is 2.60. The molecule has 13 nitrogen and oxygen atoms in total. The summed E-state index contributed by atoms with van der Waals surface area (Å²) in [5.74, 6) is -7.50. The van der Waals surface area contributed by atoms with Crippen molar-refractivity contribution in [3.63, 3.8) is 0 Å². The van der Waals surface area contributed by atoms with Gasteiger partial charge in [0.15, 0.2) is 12.2 Å². The minimum absolute atomic E-state index is 0.179. The predicted octanol–water partition coefficient (Wildman–Crippen LogP) is 2.61. The molecule has 0 spiro atoms. The first-order chi connectivity index (χ1) is 21.0. The lowest BCUT2D eigenvalue weighted by molar-refractivity contribution is -0.227. The zero-order chi connectivity index (χ0) is 33.9. The van der Waals surface area contributed by atoms with E-state index in [1.807, 2.05) is 0 Å². The van der Waals surface area contributed by atoms with E-state index in [1.54, 1.807) is 35.6 Å². The standard InChI is InChI=1S/C27H31BrF3NO12S/c1-14(33)40-13-20(42-16(3)35)22(43-17(4)36)23-21(32-24(37)27(29,30)31)19(41-15(2)34)12-26(44-23,25(38)39-11-10-28)45-18-8-6-5-7-9-18/h5-9,19-23H,10-13H2,1-4H3,(H,32,37)/t19-,20+,21+,22+,23+,26+/m0/s1. The van der Waals surface area contributed by atoms with Crippen LogP contribution < -0.4 is 5.32 Å². The molecular formula is C27H31BrF3NO12S. The Hall–Kier alpha value is -3.38. The van der Waals surface area contributed by atoms with Gasteiger partial charge < -0.3 is 33.7 Å². The zero-order valence-electron chi connectivity index (χ0n) is 24.4. The Bertz CT molecular complexity index is 1240. The van der Waals surface area contributed by atoms with Gasteiger partial charge in [-0.1, -0.05) is 45.9 Å². The van der Waals surface area contributed by atoms with Gasteiger partial charge in [-0.25, -0.2) is 4.79 Å². The van der Waals surface area contributed by atoms with Crippen LogP contribution in [0.4, 0.5) is 13.2 Å². The zero-order valence-corrected chi connectivity index (χ0v) is 26.8. The highest BCUT2D eigenvalue weighted by atomic mass is 79.9. The molecule has 6 atom stereocenters. The van der Waals surface area contributed by atoms with Gasteiger partial charge in [-0.2, -0.15) is 13.2 Å². The molecule has 0 bridgehead atoms. The topological polar surface area (TPSA) is 170 Å². The van der Waals surface area contributed by atoms with E-state index in [2.05, 4.69) is 15.9 Å². The summed E-state index contributed by atoms with van der Waals surface area (Å²) in [6.07, 6.45) is -13.6. The van der Waals surface area contributed by atoms with Gasteiger partial charge in [-0.15, -0.1) is 0 Å². The first-order valence-electron chi connectivity index (χ1n) is 13.2. The molecule has 18 heteroatoms. The van der Waals surface area contributed by atoms with E-state index in [9.17, 15) is 41.9 Å². The van der Waals surface area contributed by atoms with E-state index in [0.29, 0.717) is 4.90 Å². The summed E-state index contributed by atoms with van der Waals surface area (Å²) < 4.78 is 73.0. The minimum Gasteiger partial charge on any atom is -0.462 e. The van der Waals surface area contributed by atoms with Crippen molar-refractivity contribution in [1.29, 1.82) is 0 Å². The maximum atomic E-state index is 13.7. The van der Waals surface area contributed by atoms with Gasteiger partial charge in [-0.3, -0.25) is 24.0 Å². The Morgan fingerprint density at radius 1 is 0.978 bits per heavy atom. The lowest BCUT2D eigenvalue weighted by Gasteiger charge is -2.48. The molecule has 1 fully saturated rings. The van der Waals surface area contributed by atoms with Crippen LogP contribution in [0.5, 0.6) is 0 Å². The lowest BCUT2D eigenvalue weighted by Crippen LogP contribution is -2.69. The number of carbonyl (C=O) groups is 6. The predicted molar refractivity (Wildman–Crippen MR) is 151 cm³/mol. The maximum absolute atomic E-state index is 13.7. The Morgan fingerprint density at radius 2 is 1.60 bits per heavy atom. The van der Waals surface area contributed by atoms with Crippen LogP contribution in [0.3, 0.4) is 0 Å². The van der Waals surface area contributed by atoms with Crippen molar-refractivity contribution in [3.05, 3.63) is 30.3 Å². The Morgan fingerprint density at radius 3 is 2.11 bits per heavy atom. The smallest absolute Gasteiger partial charge is 0.462 e. The second-order valence-corrected chi connectivity index (χ2v) is 11.6. The van der Waals surface area contributed by atoms with Crippen molar-refractivity contribution in [2.24, 2.45) is 0 Å². The van der Waals surface area contributed by atoms with Gasteiger partial charge in [0, 0.05) is 44.3 Å². The number of carbonyl (C=O) groups excluding carboxylic acids is 6. The third-order valence-electron chi connectivity index (χ3n) is 5.83. The molecular weight excluding hydrogens is 699 g/mol. The van der Waals surface area contributed by atoms with Crippen LogP contribution >= 0.6 is 27.7 Å². The Balaban J connectivity index is 2.86. The minimum atomic E-state index is -5.45. The number of benzene rings is 1. The van der Waals surface area contributed by atoms with Crippen LogP contribution in [0, 0.1) is 0 Å². The molecule has 2 rings (SSSR count). The summed E-state index contributed by atoms with van der Waals surface area (Å²) in [4.78, 5) is 72.4. The van der Waals surface area contributed by atoms with Crippen molar-refractivity contribution < 1.29 is 70.4 Å².